The van der Waals surface area contributed by atoms with Crippen molar-refractivity contribution in [2.45, 2.75) is 6.54 Å². The summed E-state index contributed by atoms with van der Waals surface area (Å²) in [4.78, 5) is 2.03. The molecule has 2 heterocycles. The molecule has 74 valence electrons. The highest BCUT2D eigenvalue weighted by atomic mass is 35.5. The Hall–Kier alpha value is -1.13. The Bertz CT molecular complexity index is 449. The number of nitrogens with zero attached hydrogens (tertiary/aromatic N) is 4. The molecule has 5 heteroatoms. The molecular weight excluding hydrogens is 200 g/mol. The number of hydrogen-bond donors (Lipinski definition) is 0. The first-order chi connectivity index (χ1) is 6.68. The Labute approximate surface area is 87.1 Å². The van der Waals surface area contributed by atoms with Crippen LogP contribution in [0.3, 0.4) is 0 Å². The van der Waals surface area contributed by atoms with Crippen molar-refractivity contribution in [1.82, 2.24) is 19.5 Å². The Kier molecular flexibility index (Phi) is 2.39. The topological polar surface area (TPSA) is 33.4 Å². The van der Waals surface area contributed by atoms with Gasteiger partial charge in [0.15, 0.2) is 11.5 Å². The summed E-state index contributed by atoms with van der Waals surface area (Å²) in [5.74, 6) is 0.857. The lowest BCUT2D eigenvalue weighted by molar-refractivity contribution is 0.388. The van der Waals surface area contributed by atoms with Gasteiger partial charge in [0.1, 0.15) is 5.15 Å². The van der Waals surface area contributed by atoms with E-state index < -0.39 is 0 Å². The first-order valence-corrected chi connectivity index (χ1v) is 4.69. The molecule has 0 aliphatic heterocycles. The van der Waals surface area contributed by atoms with Crippen molar-refractivity contribution in [2.75, 3.05) is 14.1 Å². The largest absolute Gasteiger partial charge is 0.302 e. The summed E-state index contributed by atoms with van der Waals surface area (Å²) in [5.41, 5.74) is 0.786. The van der Waals surface area contributed by atoms with Crippen molar-refractivity contribution in [3.05, 3.63) is 29.2 Å². The van der Waals surface area contributed by atoms with Crippen LogP contribution in [0.25, 0.3) is 5.65 Å². The zero-order valence-corrected chi connectivity index (χ0v) is 8.86. The zero-order chi connectivity index (χ0) is 10.1. The van der Waals surface area contributed by atoms with Crippen LogP contribution in [0.2, 0.25) is 5.15 Å². The van der Waals surface area contributed by atoms with Crippen molar-refractivity contribution in [3.8, 4) is 0 Å². The minimum atomic E-state index is 0.643. The summed E-state index contributed by atoms with van der Waals surface area (Å²) in [6.45, 7) is 0.727. The van der Waals surface area contributed by atoms with E-state index in [4.69, 9.17) is 11.6 Å². The summed E-state index contributed by atoms with van der Waals surface area (Å²) < 4.78 is 1.85. The summed E-state index contributed by atoms with van der Waals surface area (Å²) in [6.07, 6.45) is 0. The molecule has 0 N–H and O–H groups in total. The van der Waals surface area contributed by atoms with Gasteiger partial charge in [-0.05, 0) is 26.2 Å². The maximum Gasteiger partial charge on any atom is 0.161 e. The van der Waals surface area contributed by atoms with Gasteiger partial charge in [0, 0.05) is 0 Å². The lowest BCUT2D eigenvalue weighted by Crippen LogP contribution is -2.13. The van der Waals surface area contributed by atoms with Gasteiger partial charge in [-0.2, -0.15) is 0 Å². The molecule has 0 radical (unpaired) electrons. The van der Waals surface area contributed by atoms with Crippen molar-refractivity contribution in [1.29, 1.82) is 0 Å². The van der Waals surface area contributed by atoms with Gasteiger partial charge >= 0.3 is 0 Å². The van der Waals surface area contributed by atoms with E-state index in [0.29, 0.717) is 5.15 Å². The van der Waals surface area contributed by atoms with Crippen LogP contribution in [0, 0.1) is 0 Å². The quantitative estimate of drug-likeness (QED) is 0.704. The molecule has 0 amide bonds. The molecule has 2 rings (SSSR count). The summed E-state index contributed by atoms with van der Waals surface area (Å²) in [5, 5.41) is 8.76. The average Bonchev–Trinajstić information content (AvgIpc) is 2.49. The lowest BCUT2D eigenvalue weighted by Gasteiger charge is -2.07. The first kappa shape index (κ1) is 9.43. The fourth-order valence-corrected chi connectivity index (χ4v) is 1.60. The second-order valence-electron chi connectivity index (χ2n) is 3.40. The third-order valence-corrected chi connectivity index (χ3v) is 2.20. The molecule has 14 heavy (non-hydrogen) atoms. The van der Waals surface area contributed by atoms with Gasteiger partial charge in [-0.1, -0.05) is 17.7 Å². The van der Waals surface area contributed by atoms with Crippen molar-refractivity contribution in [3.63, 3.8) is 0 Å². The summed E-state index contributed by atoms with van der Waals surface area (Å²) in [7, 11) is 3.97. The van der Waals surface area contributed by atoms with Crippen LogP contribution in [-0.4, -0.2) is 33.6 Å². The average molecular weight is 211 g/mol. The maximum absolute atomic E-state index is 6.05. The predicted octanol–water partition coefficient (Wildman–Crippen LogP) is 1.44. The van der Waals surface area contributed by atoms with E-state index >= 15 is 0 Å². The molecule has 2 aromatic rings. The smallest absolute Gasteiger partial charge is 0.161 e. The van der Waals surface area contributed by atoms with Gasteiger partial charge in [-0.25, -0.2) is 0 Å². The fraction of sp³-hybridized carbons (Fsp3) is 0.333. The molecule has 0 aliphatic carbocycles. The second-order valence-corrected chi connectivity index (χ2v) is 3.78. The van der Waals surface area contributed by atoms with Gasteiger partial charge < -0.3 is 4.90 Å². The van der Waals surface area contributed by atoms with E-state index in [1.165, 1.54) is 0 Å². The number of hydrogen-bond acceptors (Lipinski definition) is 3. The molecular formula is C9H11ClN4. The van der Waals surface area contributed by atoms with E-state index in [-0.39, 0.29) is 0 Å². The normalized spacial score (nSPS) is 11.4. The number of halogens is 1. The van der Waals surface area contributed by atoms with Crippen molar-refractivity contribution < 1.29 is 0 Å². The first-order valence-electron chi connectivity index (χ1n) is 4.32. The standard InChI is InChI=1S/C9H11ClN4/c1-13(2)6-9-12-11-8-5-3-4-7(10)14(8)9/h3-5H,6H2,1-2H3. The minimum Gasteiger partial charge on any atom is -0.302 e. The highest BCUT2D eigenvalue weighted by Crippen LogP contribution is 2.13. The monoisotopic (exact) mass is 210 g/mol. The van der Waals surface area contributed by atoms with Gasteiger partial charge in [0.05, 0.1) is 6.54 Å². The molecule has 0 fully saturated rings. The Morgan fingerprint density at radius 1 is 1.36 bits per heavy atom. The van der Waals surface area contributed by atoms with Crippen molar-refractivity contribution >= 4 is 17.2 Å². The van der Waals surface area contributed by atoms with Crippen LogP contribution >= 0.6 is 11.6 Å². The number of aromatic nitrogens is 3. The third-order valence-electron chi connectivity index (χ3n) is 1.91. The fourth-order valence-electron chi connectivity index (χ4n) is 1.34. The molecule has 0 unspecified atom stereocenters. The Morgan fingerprint density at radius 2 is 2.14 bits per heavy atom. The molecule has 0 aromatic carbocycles. The van der Waals surface area contributed by atoms with E-state index in [1.807, 2.05) is 41.6 Å². The van der Waals surface area contributed by atoms with Crippen LogP contribution in [0.15, 0.2) is 18.2 Å². The van der Waals surface area contributed by atoms with Crippen LogP contribution in [-0.2, 0) is 6.54 Å². The minimum absolute atomic E-state index is 0.643. The van der Waals surface area contributed by atoms with Gasteiger partial charge in [0.25, 0.3) is 0 Å². The molecule has 0 spiro atoms. The molecule has 0 aliphatic rings. The summed E-state index contributed by atoms with van der Waals surface area (Å²) >= 11 is 6.05. The van der Waals surface area contributed by atoms with E-state index in [0.717, 1.165) is 18.0 Å². The summed E-state index contributed by atoms with van der Waals surface area (Å²) in [6, 6.07) is 5.58. The van der Waals surface area contributed by atoms with Crippen LogP contribution < -0.4 is 0 Å². The van der Waals surface area contributed by atoms with Crippen LogP contribution in [0.1, 0.15) is 5.82 Å². The van der Waals surface area contributed by atoms with Crippen LogP contribution in [0.5, 0.6) is 0 Å². The predicted molar refractivity (Wildman–Crippen MR) is 55.4 cm³/mol. The Morgan fingerprint density at radius 3 is 2.86 bits per heavy atom. The number of rotatable bonds is 2. The highest BCUT2D eigenvalue weighted by molar-refractivity contribution is 6.29. The molecule has 0 saturated carbocycles. The Balaban J connectivity index is 2.55. The van der Waals surface area contributed by atoms with Crippen LogP contribution in [0.4, 0.5) is 0 Å². The second kappa shape index (κ2) is 3.55. The van der Waals surface area contributed by atoms with E-state index in [2.05, 4.69) is 10.2 Å². The van der Waals surface area contributed by atoms with Gasteiger partial charge in [-0.3, -0.25) is 4.40 Å². The van der Waals surface area contributed by atoms with E-state index in [1.54, 1.807) is 0 Å². The molecule has 0 bridgehead atoms. The van der Waals surface area contributed by atoms with Gasteiger partial charge in [0.2, 0.25) is 0 Å². The van der Waals surface area contributed by atoms with Gasteiger partial charge in [-0.15, -0.1) is 10.2 Å². The van der Waals surface area contributed by atoms with E-state index in [9.17, 15) is 0 Å². The van der Waals surface area contributed by atoms with Crippen molar-refractivity contribution in [2.24, 2.45) is 0 Å². The number of pyridine rings is 1. The molecule has 4 nitrogen and oxygen atoms in total. The molecule has 0 saturated heterocycles. The SMILES string of the molecule is CN(C)Cc1nnc2cccc(Cl)n12. The number of fused-ring (bicyclic) bond motifs is 1. The maximum atomic E-state index is 6.05. The lowest BCUT2D eigenvalue weighted by atomic mass is 10.4. The molecule has 0 atom stereocenters. The highest BCUT2D eigenvalue weighted by Gasteiger charge is 2.08. The molecule has 2 aromatic heterocycles. The zero-order valence-electron chi connectivity index (χ0n) is 8.11. The third kappa shape index (κ3) is 1.58.